The van der Waals surface area contributed by atoms with Gasteiger partial charge in [-0.15, -0.1) is 10.2 Å². The Kier molecular flexibility index (Phi) is 6.40. The van der Waals surface area contributed by atoms with E-state index in [-0.39, 0.29) is 23.6 Å². The third kappa shape index (κ3) is 5.18. The molecular weight excluding hydrogens is 446 g/mol. The number of nitrogens with one attached hydrogen (secondary N) is 2. The van der Waals surface area contributed by atoms with Crippen LogP contribution in [0.25, 0.3) is 17.1 Å². The molecule has 8 heteroatoms. The molecule has 0 saturated heterocycles. The molecule has 1 saturated carbocycles. The molecule has 0 aliphatic heterocycles. The summed E-state index contributed by atoms with van der Waals surface area (Å²) in [6.07, 6.45) is 2.05. The van der Waals surface area contributed by atoms with Gasteiger partial charge in [-0.25, -0.2) is 0 Å². The van der Waals surface area contributed by atoms with E-state index in [9.17, 15) is 9.59 Å². The van der Waals surface area contributed by atoms with Crippen LogP contribution in [0.1, 0.15) is 23.2 Å². The monoisotopic (exact) mass is 469 g/mol. The zero-order valence-corrected chi connectivity index (χ0v) is 19.2. The standard InChI is InChI=1S/C26H23N5O2S/c32-23(27-21-11-7-10-19(16-21)25(33)28-20-14-15-20)17-34-26-30-29-24(18-8-3-1-4-9-18)31(26)22-12-5-2-6-13-22/h1-13,16,20H,14-15,17H2,(H,27,32)(H,28,33). The number of benzene rings is 3. The van der Waals surface area contributed by atoms with Crippen LogP contribution in [0.4, 0.5) is 5.69 Å². The number of amides is 2. The van der Waals surface area contributed by atoms with Crippen LogP contribution in [0.15, 0.2) is 90.1 Å². The van der Waals surface area contributed by atoms with Gasteiger partial charge >= 0.3 is 0 Å². The molecule has 1 aromatic heterocycles. The maximum atomic E-state index is 12.7. The van der Waals surface area contributed by atoms with E-state index in [1.165, 1.54) is 11.8 Å². The number of hydrogen-bond acceptors (Lipinski definition) is 5. The Morgan fingerprint density at radius 3 is 2.38 bits per heavy atom. The smallest absolute Gasteiger partial charge is 0.251 e. The van der Waals surface area contributed by atoms with Crippen LogP contribution in [-0.2, 0) is 4.79 Å². The van der Waals surface area contributed by atoms with E-state index < -0.39 is 0 Å². The second kappa shape index (κ2) is 9.93. The van der Waals surface area contributed by atoms with E-state index in [0.29, 0.717) is 22.2 Å². The zero-order chi connectivity index (χ0) is 23.3. The molecule has 1 fully saturated rings. The van der Waals surface area contributed by atoms with Crippen molar-refractivity contribution in [2.45, 2.75) is 24.0 Å². The van der Waals surface area contributed by atoms with Crippen LogP contribution in [0.2, 0.25) is 0 Å². The van der Waals surface area contributed by atoms with Gasteiger partial charge in [0.1, 0.15) is 0 Å². The van der Waals surface area contributed by atoms with Gasteiger partial charge in [0, 0.05) is 28.5 Å². The van der Waals surface area contributed by atoms with E-state index in [1.807, 2.05) is 65.2 Å². The van der Waals surface area contributed by atoms with Crippen LogP contribution < -0.4 is 10.6 Å². The molecule has 7 nitrogen and oxygen atoms in total. The van der Waals surface area contributed by atoms with Gasteiger partial charge in [-0.3, -0.25) is 14.2 Å². The highest BCUT2D eigenvalue weighted by atomic mass is 32.2. The highest BCUT2D eigenvalue weighted by molar-refractivity contribution is 7.99. The number of para-hydroxylation sites is 1. The van der Waals surface area contributed by atoms with E-state index >= 15 is 0 Å². The second-order valence-corrected chi connectivity index (χ2v) is 8.95. The number of thioether (sulfide) groups is 1. The Hall–Kier alpha value is -3.91. The third-order valence-corrected chi connectivity index (χ3v) is 6.26. The molecular formula is C26H23N5O2S. The molecule has 0 bridgehead atoms. The summed E-state index contributed by atoms with van der Waals surface area (Å²) in [5, 5.41) is 15.2. The lowest BCUT2D eigenvalue weighted by atomic mass is 10.2. The van der Waals surface area contributed by atoms with Gasteiger partial charge in [-0.2, -0.15) is 0 Å². The summed E-state index contributed by atoms with van der Waals surface area (Å²) >= 11 is 1.31. The Labute approximate surface area is 201 Å². The first-order chi connectivity index (χ1) is 16.7. The number of anilines is 1. The Bertz CT molecular complexity index is 1300. The van der Waals surface area contributed by atoms with Crippen molar-refractivity contribution in [3.63, 3.8) is 0 Å². The fraction of sp³-hybridized carbons (Fsp3) is 0.154. The van der Waals surface area contributed by atoms with Gasteiger partial charge < -0.3 is 10.6 Å². The highest BCUT2D eigenvalue weighted by Gasteiger charge is 2.24. The molecule has 3 aromatic carbocycles. The minimum atomic E-state index is -0.186. The Morgan fingerprint density at radius 1 is 0.912 bits per heavy atom. The quantitative estimate of drug-likeness (QED) is 0.370. The summed E-state index contributed by atoms with van der Waals surface area (Å²) in [6, 6.07) is 26.9. The van der Waals surface area contributed by atoms with Crippen molar-refractivity contribution in [1.29, 1.82) is 0 Å². The summed E-state index contributed by atoms with van der Waals surface area (Å²) in [6.45, 7) is 0. The minimum absolute atomic E-state index is 0.114. The molecule has 0 spiro atoms. The van der Waals surface area contributed by atoms with Gasteiger partial charge in [0.15, 0.2) is 11.0 Å². The predicted molar refractivity (Wildman–Crippen MR) is 133 cm³/mol. The molecule has 1 heterocycles. The first-order valence-electron chi connectivity index (χ1n) is 11.1. The first kappa shape index (κ1) is 21.9. The molecule has 34 heavy (non-hydrogen) atoms. The van der Waals surface area contributed by atoms with E-state index in [4.69, 9.17) is 0 Å². The van der Waals surface area contributed by atoms with E-state index in [1.54, 1.807) is 24.3 Å². The lowest BCUT2D eigenvalue weighted by molar-refractivity contribution is -0.113. The number of aromatic nitrogens is 3. The lowest BCUT2D eigenvalue weighted by Crippen LogP contribution is -2.25. The van der Waals surface area contributed by atoms with Crippen LogP contribution in [0, 0.1) is 0 Å². The van der Waals surface area contributed by atoms with Crippen molar-refractivity contribution in [3.05, 3.63) is 90.5 Å². The Balaban J connectivity index is 1.30. The van der Waals surface area contributed by atoms with Crippen LogP contribution in [0.3, 0.4) is 0 Å². The fourth-order valence-corrected chi connectivity index (χ4v) is 4.26. The van der Waals surface area contributed by atoms with Crippen molar-refractivity contribution in [3.8, 4) is 17.1 Å². The summed E-state index contributed by atoms with van der Waals surface area (Å²) in [5.41, 5.74) is 2.98. The van der Waals surface area contributed by atoms with Crippen LogP contribution in [-0.4, -0.2) is 38.4 Å². The summed E-state index contributed by atoms with van der Waals surface area (Å²) in [4.78, 5) is 25.0. The predicted octanol–water partition coefficient (Wildman–Crippen LogP) is 4.56. The third-order valence-electron chi connectivity index (χ3n) is 5.33. The average molecular weight is 470 g/mol. The maximum absolute atomic E-state index is 12.7. The van der Waals surface area contributed by atoms with Crippen molar-refractivity contribution in [2.75, 3.05) is 11.1 Å². The van der Waals surface area contributed by atoms with Gasteiger partial charge in [0.2, 0.25) is 5.91 Å². The van der Waals surface area contributed by atoms with Gasteiger partial charge in [-0.05, 0) is 43.2 Å². The molecule has 0 radical (unpaired) electrons. The lowest BCUT2D eigenvalue weighted by Gasteiger charge is -2.11. The van der Waals surface area contributed by atoms with Crippen molar-refractivity contribution in [1.82, 2.24) is 20.1 Å². The molecule has 2 amide bonds. The number of carbonyl (C=O) groups is 2. The molecule has 5 rings (SSSR count). The number of carbonyl (C=O) groups excluding carboxylic acids is 2. The zero-order valence-electron chi connectivity index (χ0n) is 18.3. The molecule has 170 valence electrons. The van der Waals surface area contributed by atoms with Crippen molar-refractivity contribution in [2.24, 2.45) is 0 Å². The van der Waals surface area contributed by atoms with Crippen LogP contribution >= 0.6 is 11.8 Å². The summed E-state index contributed by atoms with van der Waals surface area (Å²) < 4.78 is 1.95. The first-order valence-corrected chi connectivity index (χ1v) is 12.1. The normalized spacial score (nSPS) is 12.8. The highest BCUT2D eigenvalue weighted by Crippen LogP contribution is 2.28. The molecule has 1 aliphatic rings. The second-order valence-electron chi connectivity index (χ2n) is 8.01. The topological polar surface area (TPSA) is 88.9 Å². The molecule has 2 N–H and O–H groups in total. The average Bonchev–Trinajstić information content (AvgIpc) is 3.59. The molecule has 4 aromatic rings. The number of hydrogen-bond donors (Lipinski definition) is 2. The van der Waals surface area contributed by atoms with E-state index in [0.717, 1.165) is 24.1 Å². The molecule has 1 aliphatic carbocycles. The van der Waals surface area contributed by atoms with Gasteiger partial charge in [-0.1, -0.05) is 66.4 Å². The van der Waals surface area contributed by atoms with Crippen molar-refractivity contribution < 1.29 is 9.59 Å². The minimum Gasteiger partial charge on any atom is -0.349 e. The SMILES string of the molecule is O=C(CSc1nnc(-c2ccccc2)n1-c1ccccc1)Nc1cccc(C(=O)NC2CC2)c1. The molecule has 0 atom stereocenters. The van der Waals surface area contributed by atoms with Gasteiger partial charge in [0.05, 0.1) is 5.75 Å². The Morgan fingerprint density at radius 2 is 1.65 bits per heavy atom. The van der Waals surface area contributed by atoms with Gasteiger partial charge in [0.25, 0.3) is 5.91 Å². The van der Waals surface area contributed by atoms with E-state index in [2.05, 4.69) is 20.8 Å². The van der Waals surface area contributed by atoms with Crippen LogP contribution in [0.5, 0.6) is 0 Å². The maximum Gasteiger partial charge on any atom is 0.251 e. The summed E-state index contributed by atoms with van der Waals surface area (Å²) in [5.74, 6) is 0.563. The largest absolute Gasteiger partial charge is 0.349 e. The number of nitrogens with zero attached hydrogens (tertiary/aromatic N) is 3. The van der Waals surface area contributed by atoms with Crippen molar-refractivity contribution >= 4 is 29.3 Å². The fourth-order valence-electron chi connectivity index (χ4n) is 3.51. The molecule has 0 unspecified atom stereocenters. The summed E-state index contributed by atoms with van der Waals surface area (Å²) in [7, 11) is 0. The number of rotatable bonds is 8.